The Balaban J connectivity index is 3.28. The van der Waals surface area contributed by atoms with Crippen molar-refractivity contribution in [1.82, 2.24) is 5.32 Å². The highest BCUT2D eigenvalue weighted by Gasteiger charge is 2.15. The van der Waals surface area contributed by atoms with Crippen LogP contribution in [-0.4, -0.2) is 36.7 Å². The molecule has 0 bridgehead atoms. The van der Waals surface area contributed by atoms with E-state index in [0.717, 1.165) is 13.0 Å². The molecule has 0 aliphatic heterocycles. The third kappa shape index (κ3) is 11.9. The fourth-order valence-electron chi connectivity index (χ4n) is 1.24. The van der Waals surface area contributed by atoms with Crippen molar-refractivity contribution in [2.45, 2.75) is 45.6 Å². The Morgan fingerprint density at radius 3 is 2.50 bits per heavy atom. The van der Waals surface area contributed by atoms with Gasteiger partial charge in [0.15, 0.2) is 0 Å². The number of rotatable bonds is 8. The summed E-state index contributed by atoms with van der Waals surface area (Å²) < 4.78 is 5.18. The van der Waals surface area contributed by atoms with Gasteiger partial charge < -0.3 is 10.1 Å². The van der Waals surface area contributed by atoms with Gasteiger partial charge in [-0.25, -0.2) is 0 Å². The third-order valence-electron chi connectivity index (χ3n) is 1.89. The van der Waals surface area contributed by atoms with Crippen molar-refractivity contribution >= 4 is 17.7 Å². The number of ether oxygens (including phenoxy) is 1. The standard InChI is InChI=1S/C12H25NO2S/c1-12(2,3)15-11(14)10-13-8-6-5-7-9-16-4/h13H,5-10H2,1-4H3. The molecule has 0 saturated heterocycles. The van der Waals surface area contributed by atoms with E-state index in [1.165, 1.54) is 18.6 Å². The second-order valence-corrected chi connectivity index (χ2v) is 5.80. The van der Waals surface area contributed by atoms with Gasteiger partial charge in [0.05, 0.1) is 6.54 Å². The minimum atomic E-state index is -0.378. The zero-order chi connectivity index (χ0) is 12.4. The summed E-state index contributed by atoms with van der Waals surface area (Å²) in [5.74, 6) is 1.06. The summed E-state index contributed by atoms with van der Waals surface area (Å²) in [7, 11) is 0. The summed E-state index contributed by atoms with van der Waals surface area (Å²) in [6.45, 7) is 6.86. The maximum absolute atomic E-state index is 11.3. The maximum Gasteiger partial charge on any atom is 0.320 e. The second kappa shape index (κ2) is 8.88. The van der Waals surface area contributed by atoms with Crippen LogP contribution in [-0.2, 0) is 9.53 Å². The molecule has 0 amide bonds. The van der Waals surface area contributed by atoms with Crippen molar-refractivity contribution in [3.05, 3.63) is 0 Å². The van der Waals surface area contributed by atoms with Crippen molar-refractivity contribution in [2.75, 3.05) is 25.1 Å². The second-order valence-electron chi connectivity index (χ2n) is 4.82. The van der Waals surface area contributed by atoms with Crippen LogP contribution in [0.3, 0.4) is 0 Å². The number of esters is 1. The molecule has 16 heavy (non-hydrogen) atoms. The van der Waals surface area contributed by atoms with Gasteiger partial charge in [-0.05, 0) is 52.2 Å². The molecule has 0 radical (unpaired) electrons. The number of carbonyl (C=O) groups is 1. The average molecular weight is 247 g/mol. The topological polar surface area (TPSA) is 38.3 Å². The number of hydrogen-bond acceptors (Lipinski definition) is 4. The number of unbranched alkanes of at least 4 members (excludes halogenated alkanes) is 2. The molecule has 0 atom stereocenters. The minimum Gasteiger partial charge on any atom is -0.459 e. The van der Waals surface area contributed by atoms with Gasteiger partial charge in [-0.15, -0.1) is 0 Å². The lowest BCUT2D eigenvalue weighted by Gasteiger charge is -2.19. The summed E-state index contributed by atoms with van der Waals surface area (Å²) in [5.41, 5.74) is -0.378. The lowest BCUT2D eigenvalue weighted by molar-refractivity contribution is -0.153. The highest BCUT2D eigenvalue weighted by Crippen LogP contribution is 2.06. The molecule has 0 unspecified atom stereocenters. The van der Waals surface area contributed by atoms with Gasteiger partial charge in [0.2, 0.25) is 0 Å². The number of hydrogen-bond donors (Lipinski definition) is 1. The summed E-state index contributed by atoms with van der Waals surface area (Å²) in [6, 6.07) is 0. The smallest absolute Gasteiger partial charge is 0.320 e. The van der Waals surface area contributed by atoms with Gasteiger partial charge in [-0.3, -0.25) is 4.79 Å². The van der Waals surface area contributed by atoms with Crippen LogP contribution in [0.4, 0.5) is 0 Å². The maximum atomic E-state index is 11.3. The van der Waals surface area contributed by atoms with E-state index >= 15 is 0 Å². The predicted octanol–water partition coefficient (Wildman–Crippen LogP) is 2.45. The van der Waals surface area contributed by atoms with Gasteiger partial charge in [0, 0.05) is 0 Å². The summed E-state index contributed by atoms with van der Waals surface area (Å²) >= 11 is 1.88. The van der Waals surface area contributed by atoms with Crippen LogP contribution in [0.25, 0.3) is 0 Å². The number of carbonyl (C=O) groups excluding carboxylic acids is 1. The molecular formula is C12H25NO2S. The van der Waals surface area contributed by atoms with Crippen LogP contribution in [0.15, 0.2) is 0 Å². The molecule has 0 fully saturated rings. The highest BCUT2D eigenvalue weighted by atomic mass is 32.2. The van der Waals surface area contributed by atoms with E-state index in [2.05, 4.69) is 11.6 Å². The van der Waals surface area contributed by atoms with E-state index in [4.69, 9.17) is 4.74 Å². The zero-order valence-electron chi connectivity index (χ0n) is 11.0. The van der Waals surface area contributed by atoms with Crippen molar-refractivity contribution in [2.24, 2.45) is 0 Å². The Labute approximate surface area is 104 Å². The average Bonchev–Trinajstić information content (AvgIpc) is 2.13. The molecule has 0 aliphatic carbocycles. The van der Waals surface area contributed by atoms with Crippen molar-refractivity contribution < 1.29 is 9.53 Å². The molecule has 0 heterocycles. The Kier molecular flexibility index (Phi) is 8.76. The number of nitrogens with one attached hydrogen (secondary N) is 1. The Hall–Kier alpha value is -0.220. The molecule has 96 valence electrons. The third-order valence-corrected chi connectivity index (χ3v) is 2.59. The molecular weight excluding hydrogens is 222 g/mol. The van der Waals surface area contributed by atoms with E-state index in [-0.39, 0.29) is 11.6 Å². The van der Waals surface area contributed by atoms with Crippen LogP contribution in [0, 0.1) is 0 Å². The molecule has 0 aromatic rings. The molecule has 0 spiro atoms. The van der Waals surface area contributed by atoms with Crippen molar-refractivity contribution in [3.63, 3.8) is 0 Å². The number of thioether (sulfide) groups is 1. The molecule has 4 heteroatoms. The Morgan fingerprint density at radius 2 is 1.94 bits per heavy atom. The van der Waals surface area contributed by atoms with Crippen LogP contribution in [0.5, 0.6) is 0 Å². The normalized spacial score (nSPS) is 11.5. The summed E-state index contributed by atoms with van der Waals surface area (Å²) in [4.78, 5) is 11.3. The SMILES string of the molecule is CSCCCCCNCC(=O)OC(C)(C)C. The first-order valence-corrected chi connectivity index (χ1v) is 7.26. The largest absolute Gasteiger partial charge is 0.459 e. The van der Waals surface area contributed by atoms with Gasteiger partial charge in [-0.1, -0.05) is 6.42 Å². The van der Waals surface area contributed by atoms with E-state index in [0.29, 0.717) is 6.54 Å². The lowest BCUT2D eigenvalue weighted by Crippen LogP contribution is -2.31. The van der Waals surface area contributed by atoms with E-state index in [1.54, 1.807) is 0 Å². The Bertz CT molecular complexity index is 190. The van der Waals surface area contributed by atoms with E-state index in [9.17, 15) is 4.79 Å². The first-order chi connectivity index (χ1) is 7.45. The van der Waals surface area contributed by atoms with Gasteiger partial charge in [0.1, 0.15) is 5.60 Å². The monoisotopic (exact) mass is 247 g/mol. The van der Waals surface area contributed by atoms with E-state index < -0.39 is 0 Å². The molecule has 0 aliphatic rings. The molecule has 0 aromatic carbocycles. The lowest BCUT2D eigenvalue weighted by atomic mass is 10.2. The predicted molar refractivity (Wildman–Crippen MR) is 70.9 cm³/mol. The van der Waals surface area contributed by atoms with Gasteiger partial charge >= 0.3 is 5.97 Å². The molecule has 0 saturated carbocycles. The molecule has 1 N–H and O–H groups in total. The molecule has 0 rings (SSSR count). The summed E-state index contributed by atoms with van der Waals surface area (Å²) in [5, 5.41) is 3.10. The zero-order valence-corrected chi connectivity index (χ0v) is 11.8. The van der Waals surface area contributed by atoms with Gasteiger partial charge in [0.25, 0.3) is 0 Å². The van der Waals surface area contributed by atoms with Crippen molar-refractivity contribution in [3.8, 4) is 0 Å². The van der Waals surface area contributed by atoms with Crippen LogP contribution < -0.4 is 5.32 Å². The van der Waals surface area contributed by atoms with Crippen LogP contribution in [0.2, 0.25) is 0 Å². The van der Waals surface area contributed by atoms with Crippen molar-refractivity contribution in [1.29, 1.82) is 0 Å². The molecule has 0 aromatic heterocycles. The molecule has 3 nitrogen and oxygen atoms in total. The fraction of sp³-hybridized carbons (Fsp3) is 0.917. The van der Waals surface area contributed by atoms with Crippen LogP contribution >= 0.6 is 11.8 Å². The van der Waals surface area contributed by atoms with Gasteiger partial charge in [-0.2, -0.15) is 11.8 Å². The minimum absolute atomic E-state index is 0.170. The quantitative estimate of drug-likeness (QED) is 0.528. The van der Waals surface area contributed by atoms with E-state index in [1.807, 2.05) is 32.5 Å². The first-order valence-electron chi connectivity index (χ1n) is 5.87. The Morgan fingerprint density at radius 1 is 1.25 bits per heavy atom. The highest BCUT2D eigenvalue weighted by molar-refractivity contribution is 7.98. The summed E-state index contributed by atoms with van der Waals surface area (Å²) in [6.07, 6.45) is 5.74. The fourth-order valence-corrected chi connectivity index (χ4v) is 1.73. The first kappa shape index (κ1) is 15.8. The van der Waals surface area contributed by atoms with Crippen LogP contribution in [0.1, 0.15) is 40.0 Å².